The largest absolute Gasteiger partial charge is 0.478 e. The fourth-order valence-corrected chi connectivity index (χ4v) is 3.93. The number of hydrogen-bond acceptors (Lipinski definition) is 5. The van der Waals surface area contributed by atoms with E-state index in [2.05, 4.69) is 10.3 Å². The molecule has 0 spiro atoms. The summed E-state index contributed by atoms with van der Waals surface area (Å²) in [4.78, 5) is 27.4. The number of amides is 1. The minimum absolute atomic E-state index is 0.0366. The average Bonchev–Trinajstić information content (AvgIpc) is 2.93. The summed E-state index contributed by atoms with van der Waals surface area (Å²) in [5.41, 5.74) is 0.376. The Morgan fingerprint density at radius 3 is 2.90 bits per heavy atom. The van der Waals surface area contributed by atoms with Crippen molar-refractivity contribution in [2.75, 3.05) is 17.6 Å². The molecule has 0 fully saturated rings. The lowest BCUT2D eigenvalue weighted by atomic mass is 10.2. The second kappa shape index (κ2) is 7.20. The molecule has 1 aliphatic heterocycles. The van der Waals surface area contributed by atoms with E-state index >= 15 is 0 Å². The molecule has 112 valence electrons. The molecule has 0 aliphatic carbocycles. The number of rotatable bonds is 4. The Morgan fingerprint density at radius 1 is 1.52 bits per heavy atom. The Kier molecular flexibility index (Phi) is 5.55. The van der Waals surface area contributed by atoms with E-state index in [9.17, 15) is 9.59 Å². The van der Waals surface area contributed by atoms with Gasteiger partial charge < -0.3 is 10.4 Å². The summed E-state index contributed by atoms with van der Waals surface area (Å²) in [5.74, 6) is -0.375. The van der Waals surface area contributed by atoms with Gasteiger partial charge in [0.25, 0.3) is 0 Å². The molecule has 1 aromatic rings. The molecule has 1 unspecified atom stereocenters. The first-order valence-corrected chi connectivity index (χ1v) is 8.39. The molecule has 5 nitrogen and oxygen atoms in total. The van der Waals surface area contributed by atoms with E-state index in [1.54, 1.807) is 24.8 Å². The topological polar surface area (TPSA) is 78.8 Å². The quantitative estimate of drug-likeness (QED) is 0.876. The van der Waals surface area contributed by atoms with Crippen molar-refractivity contribution in [3.05, 3.63) is 28.8 Å². The van der Waals surface area contributed by atoms with Crippen molar-refractivity contribution < 1.29 is 14.7 Å². The zero-order chi connectivity index (χ0) is 15.4. The van der Waals surface area contributed by atoms with Gasteiger partial charge in [0.2, 0.25) is 5.91 Å². The summed E-state index contributed by atoms with van der Waals surface area (Å²) in [7, 11) is 0. The van der Waals surface area contributed by atoms with E-state index in [1.165, 1.54) is 23.9 Å². The van der Waals surface area contributed by atoms with E-state index in [1.807, 2.05) is 0 Å². The molecular weight excluding hydrogens is 332 g/mol. The number of carbonyl (C=O) groups is 2. The van der Waals surface area contributed by atoms with Gasteiger partial charge in [0, 0.05) is 11.4 Å². The predicted molar refractivity (Wildman–Crippen MR) is 88.9 cm³/mol. The fraction of sp³-hybridized carbons (Fsp3) is 0.308. The Bertz CT molecular complexity index is 607. The smallest absolute Gasteiger partial charge is 0.337 e. The van der Waals surface area contributed by atoms with Gasteiger partial charge in [0.15, 0.2) is 0 Å². The summed E-state index contributed by atoms with van der Waals surface area (Å²) in [6.07, 6.45) is 0. The molecule has 2 N–H and O–H groups in total. The van der Waals surface area contributed by atoms with E-state index in [4.69, 9.17) is 16.7 Å². The van der Waals surface area contributed by atoms with Crippen molar-refractivity contribution in [3.8, 4) is 0 Å². The van der Waals surface area contributed by atoms with E-state index in [0.29, 0.717) is 5.69 Å². The second-order valence-corrected chi connectivity index (χ2v) is 7.32. The third-order valence-electron chi connectivity index (χ3n) is 2.67. The predicted octanol–water partition coefficient (Wildman–Crippen LogP) is 3.20. The lowest BCUT2D eigenvalue weighted by Gasteiger charge is -2.12. The van der Waals surface area contributed by atoms with Crippen molar-refractivity contribution in [1.29, 1.82) is 0 Å². The number of carboxylic acid groups (broad SMARTS) is 1. The molecule has 1 aromatic carbocycles. The van der Waals surface area contributed by atoms with Gasteiger partial charge >= 0.3 is 5.97 Å². The zero-order valence-electron chi connectivity index (χ0n) is 11.1. The van der Waals surface area contributed by atoms with Gasteiger partial charge in [-0.15, -0.1) is 0 Å². The number of nitrogens with zero attached hydrogens (tertiary/aromatic N) is 1. The first-order valence-electron chi connectivity index (χ1n) is 6.15. The Morgan fingerprint density at radius 2 is 2.29 bits per heavy atom. The summed E-state index contributed by atoms with van der Waals surface area (Å²) < 4.78 is 0.917. The highest BCUT2D eigenvalue weighted by Crippen LogP contribution is 2.27. The third kappa shape index (κ3) is 4.39. The van der Waals surface area contributed by atoms with Crippen molar-refractivity contribution >= 4 is 57.1 Å². The van der Waals surface area contributed by atoms with Crippen LogP contribution in [0.4, 0.5) is 5.69 Å². The normalized spacial score (nSPS) is 15.4. The molecular formula is C13H13ClN2O3S2. The molecule has 1 amide bonds. The molecule has 0 saturated heterocycles. The van der Waals surface area contributed by atoms with Crippen LogP contribution in [0.1, 0.15) is 17.3 Å². The Hall–Kier alpha value is -1.18. The number of carbonyl (C=O) groups excluding carboxylic acids is 1. The van der Waals surface area contributed by atoms with Crippen molar-refractivity contribution in [1.82, 2.24) is 0 Å². The van der Waals surface area contributed by atoms with Crippen molar-refractivity contribution in [2.24, 2.45) is 4.99 Å². The highest BCUT2D eigenvalue weighted by atomic mass is 35.5. The number of halogens is 1. The zero-order valence-corrected chi connectivity index (χ0v) is 13.5. The summed E-state index contributed by atoms with van der Waals surface area (Å²) >= 11 is 8.83. The summed E-state index contributed by atoms with van der Waals surface area (Å²) in [6.45, 7) is 2.58. The van der Waals surface area contributed by atoms with Gasteiger partial charge in [-0.2, -0.15) is 0 Å². The van der Waals surface area contributed by atoms with E-state index in [-0.39, 0.29) is 21.7 Å². The Labute approximate surface area is 135 Å². The number of aliphatic imine (C=N–C) groups is 1. The molecule has 0 bridgehead atoms. The fourth-order valence-electron chi connectivity index (χ4n) is 1.60. The van der Waals surface area contributed by atoms with Gasteiger partial charge in [0.05, 0.1) is 22.4 Å². The number of hydrogen-bond donors (Lipinski definition) is 2. The lowest BCUT2D eigenvalue weighted by Crippen LogP contribution is -2.23. The van der Waals surface area contributed by atoms with Crippen LogP contribution >= 0.6 is 35.1 Å². The van der Waals surface area contributed by atoms with Crippen LogP contribution in [-0.4, -0.2) is 38.9 Å². The Balaban J connectivity index is 2.01. The molecule has 2 rings (SSSR count). The lowest BCUT2D eigenvalue weighted by molar-refractivity contribution is -0.115. The molecule has 1 atom stereocenters. The van der Waals surface area contributed by atoms with Crippen LogP contribution in [0.3, 0.4) is 0 Å². The monoisotopic (exact) mass is 344 g/mol. The summed E-state index contributed by atoms with van der Waals surface area (Å²) in [6, 6.07) is 4.38. The van der Waals surface area contributed by atoms with E-state index < -0.39 is 5.97 Å². The highest BCUT2D eigenvalue weighted by molar-refractivity contribution is 8.39. The molecule has 0 saturated carbocycles. The highest BCUT2D eigenvalue weighted by Gasteiger charge is 2.19. The van der Waals surface area contributed by atoms with Crippen LogP contribution in [0.25, 0.3) is 0 Å². The van der Waals surface area contributed by atoms with Gasteiger partial charge in [-0.25, -0.2) is 4.79 Å². The van der Waals surface area contributed by atoms with Crippen molar-refractivity contribution in [3.63, 3.8) is 0 Å². The molecule has 8 heteroatoms. The van der Waals surface area contributed by atoms with Crippen LogP contribution < -0.4 is 5.32 Å². The molecule has 21 heavy (non-hydrogen) atoms. The minimum Gasteiger partial charge on any atom is -0.478 e. The number of aromatic carboxylic acids is 1. The number of carboxylic acids is 1. The maximum absolute atomic E-state index is 12.1. The maximum atomic E-state index is 12.1. The first kappa shape index (κ1) is 16.2. The number of benzene rings is 1. The van der Waals surface area contributed by atoms with Crippen LogP contribution in [-0.2, 0) is 4.79 Å². The van der Waals surface area contributed by atoms with Crippen LogP contribution in [0.15, 0.2) is 23.2 Å². The number of anilines is 1. The van der Waals surface area contributed by atoms with Gasteiger partial charge in [-0.1, -0.05) is 35.1 Å². The average molecular weight is 345 g/mol. The standard InChI is InChI=1S/C13H13ClN2O3S2/c1-7(21-13-15-4-5-20-13)11(17)16-8-2-3-10(14)9(6-8)12(18)19/h2-3,6-7H,4-5H2,1H3,(H,16,17)(H,18,19). The molecule has 1 heterocycles. The second-order valence-electron chi connectivity index (χ2n) is 4.25. The first-order chi connectivity index (χ1) is 9.97. The number of nitrogens with one attached hydrogen (secondary N) is 1. The van der Waals surface area contributed by atoms with Gasteiger partial charge in [0.1, 0.15) is 4.38 Å². The molecule has 1 aliphatic rings. The third-order valence-corrected chi connectivity index (χ3v) is 5.30. The molecule has 0 radical (unpaired) electrons. The van der Waals surface area contributed by atoms with E-state index in [0.717, 1.165) is 16.7 Å². The summed E-state index contributed by atoms with van der Waals surface area (Å²) in [5, 5.41) is 11.5. The van der Waals surface area contributed by atoms with Crippen LogP contribution in [0.5, 0.6) is 0 Å². The van der Waals surface area contributed by atoms with Gasteiger partial charge in [-0.05, 0) is 25.1 Å². The van der Waals surface area contributed by atoms with Gasteiger partial charge in [-0.3, -0.25) is 9.79 Å². The minimum atomic E-state index is -1.13. The van der Waals surface area contributed by atoms with Crippen LogP contribution in [0.2, 0.25) is 5.02 Å². The SMILES string of the molecule is CC(SC1=NCCS1)C(=O)Nc1ccc(Cl)c(C(=O)O)c1. The van der Waals surface area contributed by atoms with Crippen molar-refractivity contribution in [2.45, 2.75) is 12.2 Å². The maximum Gasteiger partial charge on any atom is 0.337 e. The number of thioether (sulfide) groups is 2. The molecule has 0 aromatic heterocycles. The van der Waals surface area contributed by atoms with Crippen LogP contribution in [0, 0.1) is 0 Å².